The molecule has 1 aromatic carbocycles. The van der Waals surface area contributed by atoms with Crippen molar-refractivity contribution in [3.63, 3.8) is 0 Å². The van der Waals surface area contributed by atoms with E-state index in [-0.39, 0.29) is 5.41 Å². The molecule has 1 aromatic rings. The van der Waals surface area contributed by atoms with E-state index in [2.05, 4.69) is 49.9 Å². The molecule has 1 atom stereocenters. The van der Waals surface area contributed by atoms with Gasteiger partial charge >= 0.3 is 0 Å². The van der Waals surface area contributed by atoms with Gasteiger partial charge in [0.05, 0.1) is 0 Å². The van der Waals surface area contributed by atoms with Crippen LogP contribution in [0.1, 0.15) is 25.8 Å². The molecule has 2 rings (SSSR count). The van der Waals surface area contributed by atoms with Gasteiger partial charge in [0.1, 0.15) is 0 Å². The molecule has 1 aliphatic rings. The minimum absolute atomic E-state index is 0.191. The second kappa shape index (κ2) is 4.69. The van der Waals surface area contributed by atoms with Crippen molar-refractivity contribution in [1.82, 2.24) is 0 Å². The maximum atomic E-state index is 9.41. The fourth-order valence-corrected chi connectivity index (χ4v) is 2.79. The molecule has 17 heavy (non-hydrogen) atoms. The lowest BCUT2D eigenvalue weighted by molar-refractivity contribution is 0.0972. The molecule has 2 heteroatoms. The molecular weight excluding hydrogens is 210 g/mol. The topological polar surface area (TPSA) is 23.5 Å². The Hall–Kier alpha value is -1.02. The number of anilines is 1. The first kappa shape index (κ1) is 12.4. The standard InChI is InChI=1S/C15H23NO/c1-12-5-4-6-14(9-12)16-8-7-13(10-17)15(2,3)11-16/h4-6,9,13,17H,7-8,10-11H2,1-3H3. The summed E-state index contributed by atoms with van der Waals surface area (Å²) in [7, 11) is 0. The number of aliphatic hydroxyl groups excluding tert-OH is 1. The van der Waals surface area contributed by atoms with Gasteiger partial charge in [0.15, 0.2) is 0 Å². The third kappa shape index (κ3) is 2.63. The summed E-state index contributed by atoms with van der Waals surface area (Å²) >= 11 is 0. The molecular formula is C15H23NO. The Kier molecular flexibility index (Phi) is 3.43. The van der Waals surface area contributed by atoms with Crippen molar-refractivity contribution in [2.75, 3.05) is 24.6 Å². The molecule has 1 saturated heterocycles. The van der Waals surface area contributed by atoms with E-state index in [0.717, 1.165) is 19.5 Å². The molecule has 1 fully saturated rings. The van der Waals surface area contributed by atoms with Crippen LogP contribution >= 0.6 is 0 Å². The zero-order valence-corrected chi connectivity index (χ0v) is 11.1. The molecule has 1 heterocycles. The van der Waals surface area contributed by atoms with Crippen molar-refractivity contribution in [3.05, 3.63) is 29.8 Å². The Morgan fingerprint density at radius 2 is 2.18 bits per heavy atom. The largest absolute Gasteiger partial charge is 0.396 e. The second-order valence-corrected chi connectivity index (χ2v) is 5.92. The molecule has 94 valence electrons. The average Bonchev–Trinajstić information content (AvgIpc) is 2.27. The van der Waals surface area contributed by atoms with Gasteiger partial charge in [-0.05, 0) is 42.4 Å². The van der Waals surface area contributed by atoms with Gasteiger partial charge in [-0.25, -0.2) is 0 Å². The molecule has 0 aromatic heterocycles. The lowest BCUT2D eigenvalue weighted by atomic mass is 9.74. The summed E-state index contributed by atoms with van der Waals surface area (Å²) in [5.74, 6) is 0.434. The molecule has 0 saturated carbocycles. The number of hydrogen-bond acceptors (Lipinski definition) is 2. The summed E-state index contributed by atoms with van der Waals surface area (Å²) < 4.78 is 0. The van der Waals surface area contributed by atoms with Gasteiger partial charge in [-0.15, -0.1) is 0 Å². The van der Waals surface area contributed by atoms with Gasteiger partial charge in [0.25, 0.3) is 0 Å². The number of rotatable bonds is 2. The third-order valence-electron chi connectivity index (χ3n) is 4.04. The molecule has 0 bridgehead atoms. The predicted octanol–water partition coefficient (Wildman–Crippen LogP) is 2.84. The van der Waals surface area contributed by atoms with E-state index in [9.17, 15) is 5.11 Å². The first-order valence-corrected chi connectivity index (χ1v) is 6.45. The maximum absolute atomic E-state index is 9.41. The number of aryl methyl sites for hydroxylation is 1. The lowest BCUT2D eigenvalue weighted by Gasteiger charge is -2.44. The first-order valence-electron chi connectivity index (χ1n) is 6.45. The normalized spacial score (nSPS) is 23.8. The fourth-order valence-electron chi connectivity index (χ4n) is 2.79. The summed E-state index contributed by atoms with van der Waals surface area (Å²) in [4.78, 5) is 2.44. The van der Waals surface area contributed by atoms with Crippen LogP contribution in [-0.2, 0) is 0 Å². The Bertz CT molecular complexity index is 386. The van der Waals surface area contributed by atoms with Crippen LogP contribution in [0.4, 0.5) is 5.69 Å². The van der Waals surface area contributed by atoms with Crippen LogP contribution in [0, 0.1) is 18.3 Å². The van der Waals surface area contributed by atoms with Crippen LogP contribution in [0.3, 0.4) is 0 Å². The molecule has 1 unspecified atom stereocenters. The Labute approximate surface area is 104 Å². The zero-order valence-electron chi connectivity index (χ0n) is 11.1. The third-order valence-corrected chi connectivity index (χ3v) is 4.04. The molecule has 0 radical (unpaired) electrons. The fraction of sp³-hybridized carbons (Fsp3) is 0.600. The highest BCUT2D eigenvalue weighted by Crippen LogP contribution is 2.36. The number of piperidine rings is 1. The first-order chi connectivity index (χ1) is 8.03. The van der Waals surface area contributed by atoms with Gasteiger partial charge in [-0.3, -0.25) is 0 Å². The molecule has 0 spiro atoms. The Morgan fingerprint density at radius 3 is 2.76 bits per heavy atom. The minimum atomic E-state index is 0.191. The van der Waals surface area contributed by atoms with E-state index in [1.807, 2.05) is 0 Å². The van der Waals surface area contributed by atoms with Gasteiger partial charge < -0.3 is 10.0 Å². The van der Waals surface area contributed by atoms with E-state index in [4.69, 9.17) is 0 Å². The minimum Gasteiger partial charge on any atom is -0.396 e. The van der Waals surface area contributed by atoms with Crippen LogP contribution in [0.25, 0.3) is 0 Å². The zero-order chi connectivity index (χ0) is 12.5. The van der Waals surface area contributed by atoms with Crippen molar-refractivity contribution < 1.29 is 5.11 Å². The molecule has 1 aliphatic heterocycles. The van der Waals surface area contributed by atoms with Crippen LogP contribution in [0.15, 0.2) is 24.3 Å². The highest BCUT2D eigenvalue weighted by atomic mass is 16.3. The van der Waals surface area contributed by atoms with Gasteiger partial charge in [-0.1, -0.05) is 26.0 Å². The highest BCUT2D eigenvalue weighted by Gasteiger charge is 2.35. The smallest absolute Gasteiger partial charge is 0.0465 e. The van der Waals surface area contributed by atoms with Crippen LogP contribution in [0.2, 0.25) is 0 Å². The van der Waals surface area contributed by atoms with Crippen molar-refractivity contribution in [2.24, 2.45) is 11.3 Å². The predicted molar refractivity (Wildman–Crippen MR) is 72.4 cm³/mol. The number of aliphatic hydroxyl groups is 1. The summed E-state index contributed by atoms with van der Waals surface area (Å²) in [5.41, 5.74) is 2.82. The summed E-state index contributed by atoms with van der Waals surface area (Å²) in [6.07, 6.45) is 1.08. The SMILES string of the molecule is Cc1cccc(N2CCC(CO)C(C)(C)C2)c1. The molecule has 1 N–H and O–H groups in total. The number of hydrogen-bond donors (Lipinski definition) is 1. The monoisotopic (exact) mass is 233 g/mol. The lowest BCUT2D eigenvalue weighted by Crippen LogP contribution is -2.47. The van der Waals surface area contributed by atoms with E-state index >= 15 is 0 Å². The molecule has 2 nitrogen and oxygen atoms in total. The van der Waals surface area contributed by atoms with E-state index in [0.29, 0.717) is 12.5 Å². The van der Waals surface area contributed by atoms with Crippen LogP contribution in [-0.4, -0.2) is 24.8 Å². The van der Waals surface area contributed by atoms with Gasteiger partial charge in [0, 0.05) is 25.4 Å². The highest BCUT2D eigenvalue weighted by molar-refractivity contribution is 5.49. The van der Waals surface area contributed by atoms with Crippen LogP contribution < -0.4 is 4.90 Å². The van der Waals surface area contributed by atoms with Crippen molar-refractivity contribution in [2.45, 2.75) is 27.2 Å². The summed E-state index contributed by atoms with van der Waals surface area (Å²) in [6, 6.07) is 8.68. The van der Waals surface area contributed by atoms with E-state index < -0.39 is 0 Å². The van der Waals surface area contributed by atoms with Gasteiger partial charge in [-0.2, -0.15) is 0 Å². The number of benzene rings is 1. The second-order valence-electron chi connectivity index (χ2n) is 5.92. The van der Waals surface area contributed by atoms with Gasteiger partial charge in [0.2, 0.25) is 0 Å². The summed E-state index contributed by atoms with van der Waals surface area (Å²) in [6.45, 7) is 9.05. The number of nitrogens with zero attached hydrogens (tertiary/aromatic N) is 1. The van der Waals surface area contributed by atoms with Crippen molar-refractivity contribution >= 4 is 5.69 Å². The Balaban J connectivity index is 2.15. The van der Waals surface area contributed by atoms with Crippen molar-refractivity contribution in [1.29, 1.82) is 0 Å². The summed E-state index contributed by atoms with van der Waals surface area (Å²) in [5, 5.41) is 9.41. The molecule has 0 amide bonds. The van der Waals surface area contributed by atoms with E-state index in [1.165, 1.54) is 11.3 Å². The average molecular weight is 233 g/mol. The maximum Gasteiger partial charge on any atom is 0.0465 e. The quantitative estimate of drug-likeness (QED) is 0.849. The van der Waals surface area contributed by atoms with Crippen LogP contribution in [0.5, 0.6) is 0 Å². The Morgan fingerprint density at radius 1 is 1.41 bits per heavy atom. The molecule has 0 aliphatic carbocycles. The van der Waals surface area contributed by atoms with E-state index in [1.54, 1.807) is 0 Å². The van der Waals surface area contributed by atoms with Crippen molar-refractivity contribution in [3.8, 4) is 0 Å².